The van der Waals surface area contributed by atoms with Crippen LogP contribution in [0.3, 0.4) is 0 Å². The maximum absolute atomic E-state index is 13.6. The summed E-state index contributed by atoms with van der Waals surface area (Å²) in [6, 6.07) is 11.0. The molecule has 2 aromatic rings. The Bertz CT molecular complexity index is 572. The topological polar surface area (TPSA) is 12.0 Å². The number of hydrogen-bond donors (Lipinski definition) is 1. The Morgan fingerprint density at radius 1 is 1.16 bits per heavy atom. The summed E-state index contributed by atoms with van der Waals surface area (Å²) >= 11 is 3.37. The molecule has 0 radical (unpaired) electrons. The van der Waals surface area contributed by atoms with Gasteiger partial charge in [-0.3, -0.25) is 0 Å². The second kappa shape index (κ2) is 6.26. The summed E-state index contributed by atoms with van der Waals surface area (Å²) in [6.07, 6.45) is 0. The smallest absolute Gasteiger partial charge is 0.127 e. The SMILES string of the molecule is C[C@@H](NCc1cc(F)ccc1Br)c1ccccc1F. The summed E-state index contributed by atoms with van der Waals surface area (Å²) in [5.41, 5.74) is 1.42. The maximum atomic E-state index is 13.6. The minimum atomic E-state index is -0.279. The predicted molar refractivity (Wildman–Crippen MR) is 75.8 cm³/mol. The van der Waals surface area contributed by atoms with Crippen molar-refractivity contribution in [3.05, 3.63) is 69.7 Å². The van der Waals surface area contributed by atoms with Crippen molar-refractivity contribution in [1.29, 1.82) is 0 Å². The third-order valence-electron chi connectivity index (χ3n) is 2.98. The Hall–Kier alpha value is -1.26. The standard InChI is InChI=1S/C15H14BrF2N/c1-10(13-4-2-3-5-15(13)18)19-9-11-8-12(17)6-7-14(11)16/h2-8,10,19H,9H2,1H3/t10-/m1/s1. The molecule has 0 amide bonds. The fourth-order valence-corrected chi connectivity index (χ4v) is 2.26. The number of halogens is 3. The molecule has 0 unspecified atom stereocenters. The van der Waals surface area contributed by atoms with E-state index in [1.807, 2.05) is 6.92 Å². The Morgan fingerprint density at radius 2 is 1.89 bits per heavy atom. The van der Waals surface area contributed by atoms with Crippen LogP contribution >= 0.6 is 15.9 Å². The second-order valence-corrected chi connectivity index (χ2v) is 5.21. The third-order valence-corrected chi connectivity index (χ3v) is 3.75. The monoisotopic (exact) mass is 325 g/mol. The quantitative estimate of drug-likeness (QED) is 0.867. The fourth-order valence-electron chi connectivity index (χ4n) is 1.88. The third kappa shape index (κ3) is 3.61. The molecule has 4 heteroatoms. The van der Waals surface area contributed by atoms with Gasteiger partial charge in [-0.2, -0.15) is 0 Å². The minimum Gasteiger partial charge on any atom is -0.306 e. The van der Waals surface area contributed by atoms with Crippen molar-refractivity contribution in [2.45, 2.75) is 19.5 Å². The van der Waals surface area contributed by atoms with Gasteiger partial charge in [-0.1, -0.05) is 34.1 Å². The van der Waals surface area contributed by atoms with Gasteiger partial charge in [0.2, 0.25) is 0 Å². The van der Waals surface area contributed by atoms with E-state index in [9.17, 15) is 8.78 Å². The summed E-state index contributed by atoms with van der Waals surface area (Å²) < 4.78 is 27.6. The first-order valence-electron chi connectivity index (χ1n) is 5.99. The van der Waals surface area contributed by atoms with Crippen LogP contribution in [0.25, 0.3) is 0 Å². The van der Waals surface area contributed by atoms with Crippen LogP contribution in [0.5, 0.6) is 0 Å². The van der Waals surface area contributed by atoms with E-state index < -0.39 is 0 Å². The minimum absolute atomic E-state index is 0.142. The lowest BCUT2D eigenvalue weighted by Crippen LogP contribution is -2.19. The molecule has 2 aromatic carbocycles. The Labute approximate surface area is 119 Å². The van der Waals surface area contributed by atoms with Crippen molar-refractivity contribution in [3.63, 3.8) is 0 Å². The van der Waals surface area contributed by atoms with Gasteiger partial charge in [0.25, 0.3) is 0 Å². The molecule has 1 atom stereocenters. The molecule has 0 aliphatic rings. The molecule has 0 saturated heterocycles. The van der Waals surface area contributed by atoms with Crippen LogP contribution in [-0.2, 0) is 6.54 Å². The first-order chi connectivity index (χ1) is 9.08. The molecule has 0 bridgehead atoms. The second-order valence-electron chi connectivity index (χ2n) is 4.36. The Kier molecular flexibility index (Phi) is 4.66. The van der Waals surface area contributed by atoms with Gasteiger partial charge in [-0.25, -0.2) is 8.78 Å². The molecular formula is C15H14BrF2N. The molecule has 0 aliphatic heterocycles. The van der Waals surface area contributed by atoms with Crippen molar-refractivity contribution >= 4 is 15.9 Å². The van der Waals surface area contributed by atoms with E-state index >= 15 is 0 Å². The van der Waals surface area contributed by atoms with E-state index in [1.54, 1.807) is 24.3 Å². The lowest BCUT2D eigenvalue weighted by Gasteiger charge is -2.15. The summed E-state index contributed by atoms with van der Waals surface area (Å²) in [6.45, 7) is 2.35. The number of rotatable bonds is 4. The number of hydrogen-bond acceptors (Lipinski definition) is 1. The van der Waals surface area contributed by atoms with Gasteiger partial charge in [0.15, 0.2) is 0 Å². The van der Waals surface area contributed by atoms with E-state index in [-0.39, 0.29) is 17.7 Å². The van der Waals surface area contributed by atoms with Crippen molar-refractivity contribution < 1.29 is 8.78 Å². The van der Waals surface area contributed by atoms with Gasteiger partial charge in [0.1, 0.15) is 11.6 Å². The summed E-state index contributed by atoms with van der Waals surface area (Å²) in [5.74, 6) is -0.514. The number of benzene rings is 2. The highest BCUT2D eigenvalue weighted by molar-refractivity contribution is 9.10. The predicted octanol–water partition coefficient (Wildman–Crippen LogP) is 4.58. The lowest BCUT2D eigenvalue weighted by atomic mass is 10.1. The maximum Gasteiger partial charge on any atom is 0.127 e. The zero-order valence-corrected chi connectivity index (χ0v) is 12.0. The molecule has 19 heavy (non-hydrogen) atoms. The van der Waals surface area contributed by atoms with Gasteiger partial charge in [-0.05, 0) is 36.8 Å². The van der Waals surface area contributed by atoms with E-state index in [0.29, 0.717) is 12.1 Å². The van der Waals surface area contributed by atoms with Crippen LogP contribution in [0.2, 0.25) is 0 Å². The molecule has 0 aliphatic carbocycles. The van der Waals surface area contributed by atoms with Gasteiger partial charge >= 0.3 is 0 Å². The van der Waals surface area contributed by atoms with Crippen LogP contribution in [0.1, 0.15) is 24.1 Å². The first kappa shape index (κ1) is 14.2. The van der Waals surface area contributed by atoms with Crippen LogP contribution in [0.15, 0.2) is 46.9 Å². The van der Waals surface area contributed by atoms with Gasteiger partial charge in [-0.15, -0.1) is 0 Å². The molecule has 2 rings (SSSR count). The summed E-state index contributed by atoms with van der Waals surface area (Å²) in [4.78, 5) is 0. The number of nitrogens with one attached hydrogen (secondary N) is 1. The highest BCUT2D eigenvalue weighted by atomic mass is 79.9. The molecular weight excluding hydrogens is 312 g/mol. The average molecular weight is 326 g/mol. The highest BCUT2D eigenvalue weighted by Gasteiger charge is 2.10. The average Bonchev–Trinajstić information content (AvgIpc) is 2.40. The van der Waals surface area contributed by atoms with E-state index in [1.165, 1.54) is 18.2 Å². The molecule has 1 nitrogen and oxygen atoms in total. The van der Waals surface area contributed by atoms with Gasteiger partial charge in [0.05, 0.1) is 0 Å². The molecule has 100 valence electrons. The van der Waals surface area contributed by atoms with Crippen molar-refractivity contribution in [3.8, 4) is 0 Å². The molecule has 0 spiro atoms. The molecule has 1 N–H and O–H groups in total. The van der Waals surface area contributed by atoms with Gasteiger partial charge in [0, 0.05) is 22.6 Å². The summed E-state index contributed by atoms with van der Waals surface area (Å²) in [7, 11) is 0. The van der Waals surface area contributed by atoms with E-state index in [4.69, 9.17) is 0 Å². The van der Waals surface area contributed by atoms with Crippen molar-refractivity contribution in [1.82, 2.24) is 5.32 Å². The van der Waals surface area contributed by atoms with Crippen LogP contribution in [0.4, 0.5) is 8.78 Å². The van der Waals surface area contributed by atoms with Crippen molar-refractivity contribution in [2.24, 2.45) is 0 Å². The zero-order valence-electron chi connectivity index (χ0n) is 10.5. The zero-order chi connectivity index (χ0) is 13.8. The summed E-state index contributed by atoms with van der Waals surface area (Å²) in [5, 5.41) is 3.19. The van der Waals surface area contributed by atoms with Crippen LogP contribution in [0, 0.1) is 11.6 Å². The first-order valence-corrected chi connectivity index (χ1v) is 6.79. The lowest BCUT2D eigenvalue weighted by molar-refractivity contribution is 0.526. The molecule has 0 heterocycles. The Morgan fingerprint density at radius 3 is 2.63 bits per heavy atom. The van der Waals surface area contributed by atoms with Crippen LogP contribution < -0.4 is 5.32 Å². The van der Waals surface area contributed by atoms with E-state index in [0.717, 1.165) is 10.0 Å². The Balaban J connectivity index is 2.06. The normalized spacial score (nSPS) is 12.4. The van der Waals surface area contributed by atoms with Gasteiger partial charge < -0.3 is 5.32 Å². The molecule has 0 aromatic heterocycles. The van der Waals surface area contributed by atoms with Crippen molar-refractivity contribution in [2.75, 3.05) is 0 Å². The van der Waals surface area contributed by atoms with E-state index in [2.05, 4.69) is 21.2 Å². The fraction of sp³-hybridized carbons (Fsp3) is 0.200. The molecule has 0 fully saturated rings. The largest absolute Gasteiger partial charge is 0.306 e. The van der Waals surface area contributed by atoms with Crippen LogP contribution in [-0.4, -0.2) is 0 Å². The highest BCUT2D eigenvalue weighted by Crippen LogP contribution is 2.20. The molecule has 0 saturated carbocycles.